The number of benzene rings is 1. The third kappa shape index (κ3) is 5.76. The fourth-order valence-corrected chi connectivity index (χ4v) is 2.74. The fourth-order valence-electron chi connectivity index (χ4n) is 1.95. The van der Waals surface area contributed by atoms with Crippen molar-refractivity contribution in [3.63, 3.8) is 0 Å². The van der Waals surface area contributed by atoms with Crippen LogP contribution >= 0.6 is 11.8 Å². The van der Waals surface area contributed by atoms with E-state index in [-0.39, 0.29) is 24.8 Å². The number of hydrogen-bond acceptors (Lipinski definition) is 6. The molecule has 0 bridgehead atoms. The van der Waals surface area contributed by atoms with Crippen LogP contribution in [0.25, 0.3) is 5.69 Å². The highest BCUT2D eigenvalue weighted by Crippen LogP contribution is 2.17. The van der Waals surface area contributed by atoms with E-state index in [1.165, 1.54) is 5.56 Å². The number of nitrogens with zero attached hydrogens (tertiary/aromatic N) is 5. The summed E-state index contributed by atoms with van der Waals surface area (Å²) in [5.41, 5.74) is 2.20. The van der Waals surface area contributed by atoms with Gasteiger partial charge in [-0.15, -0.1) is 5.10 Å². The fraction of sp³-hybridized carbons (Fsp3) is 0.200. The molecule has 128 valence electrons. The Morgan fingerprint density at radius 1 is 1.00 bits per heavy atom. The smallest absolute Gasteiger partial charge is 0.214 e. The van der Waals surface area contributed by atoms with Crippen LogP contribution in [0.15, 0.2) is 60.0 Å². The molecule has 2 heterocycles. The molecular weight excluding hydrogens is 367 g/mol. The summed E-state index contributed by atoms with van der Waals surface area (Å²) in [4.78, 5) is 4.01. The van der Waals surface area contributed by atoms with E-state index in [1.54, 1.807) is 28.8 Å². The highest BCUT2D eigenvalue weighted by atomic mass is 35.5. The molecule has 0 saturated heterocycles. The summed E-state index contributed by atoms with van der Waals surface area (Å²) in [5, 5.41) is 16.1. The molecular formula is C15H16Cl2N6S-2. The summed E-state index contributed by atoms with van der Waals surface area (Å²) >= 11 is 1.64. The van der Waals surface area contributed by atoms with Crippen LogP contribution in [0.5, 0.6) is 0 Å². The summed E-state index contributed by atoms with van der Waals surface area (Å²) in [7, 11) is 0. The molecule has 0 amide bonds. The number of tetrazole rings is 1. The Kier molecular flexibility index (Phi) is 9.33. The van der Waals surface area contributed by atoms with Gasteiger partial charge in [0.2, 0.25) is 5.16 Å². The van der Waals surface area contributed by atoms with Gasteiger partial charge in [-0.25, -0.2) is 0 Å². The zero-order valence-corrected chi connectivity index (χ0v) is 15.0. The lowest BCUT2D eigenvalue weighted by molar-refractivity contribution is -0.00100. The first kappa shape index (κ1) is 20.4. The summed E-state index contributed by atoms with van der Waals surface area (Å²) < 4.78 is 1.76. The Labute approximate surface area is 157 Å². The maximum atomic E-state index is 4.08. The minimum absolute atomic E-state index is 0. The van der Waals surface area contributed by atoms with Crippen molar-refractivity contribution in [2.24, 2.45) is 0 Å². The van der Waals surface area contributed by atoms with E-state index in [9.17, 15) is 0 Å². The van der Waals surface area contributed by atoms with Gasteiger partial charge in [-0.05, 0) is 40.3 Å². The average Bonchev–Trinajstić information content (AvgIpc) is 3.05. The molecule has 0 aliphatic rings. The van der Waals surface area contributed by atoms with E-state index in [0.29, 0.717) is 0 Å². The van der Waals surface area contributed by atoms with Gasteiger partial charge in [0.1, 0.15) is 0 Å². The minimum atomic E-state index is 0. The van der Waals surface area contributed by atoms with Crippen LogP contribution < -0.4 is 30.1 Å². The molecule has 1 aromatic carbocycles. The lowest BCUT2D eigenvalue weighted by atomic mass is 10.3. The van der Waals surface area contributed by atoms with Gasteiger partial charge in [0.15, 0.2) is 0 Å². The van der Waals surface area contributed by atoms with E-state index >= 15 is 0 Å². The molecule has 1 N–H and O–H groups in total. The quantitative estimate of drug-likeness (QED) is 0.331. The second kappa shape index (κ2) is 11.0. The van der Waals surface area contributed by atoms with Crippen LogP contribution in [0, 0.1) is 0 Å². The van der Waals surface area contributed by atoms with E-state index in [1.807, 2.05) is 42.5 Å². The van der Waals surface area contributed by atoms with Crippen molar-refractivity contribution in [1.82, 2.24) is 30.5 Å². The number of nitrogens with one attached hydrogen (secondary N) is 1. The van der Waals surface area contributed by atoms with Crippen molar-refractivity contribution in [1.29, 1.82) is 0 Å². The molecule has 0 atom stereocenters. The first-order valence-corrected chi connectivity index (χ1v) is 7.98. The number of para-hydroxylation sites is 1. The number of pyridine rings is 1. The van der Waals surface area contributed by atoms with Gasteiger partial charge in [0, 0.05) is 31.2 Å². The Hall–Kier alpha value is -1.67. The standard InChI is InChI=1S/C15H16N6S.2ClH/c1-2-4-14(5-3-1)21-15(18-19-20-21)22-11-10-17-12-13-6-8-16-9-7-13;;/h1-9,17H,10-12H2;2*1H/p-2. The monoisotopic (exact) mass is 382 g/mol. The highest BCUT2D eigenvalue weighted by molar-refractivity contribution is 7.99. The third-order valence-corrected chi connectivity index (χ3v) is 3.95. The highest BCUT2D eigenvalue weighted by Gasteiger charge is 2.07. The van der Waals surface area contributed by atoms with Crippen molar-refractivity contribution < 1.29 is 24.8 Å². The Morgan fingerprint density at radius 2 is 1.75 bits per heavy atom. The Morgan fingerprint density at radius 3 is 2.50 bits per heavy atom. The molecule has 0 radical (unpaired) electrons. The molecule has 2 aromatic heterocycles. The van der Waals surface area contributed by atoms with Crippen LogP contribution in [0.3, 0.4) is 0 Å². The first-order valence-electron chi connectivity index (χ1n) is 7.00. The van der Waals surface area contributed by atoms with E-state index in [0.717, 1.165) is 29.7 Å². The number of rotatable bonds is 7. The summed E-state index contributed by atoms with van der Waals surface area (Å²) in [6, 6.07) is 13.9. The molecule has 0 fully saturated rings. The third-order valence-electron chi connectivity index (χ3n) is 3.03. The molecule has 0 spiro atoms. The van der Waals surface area contributed by atoms with E-state index < -0.39 is 0 Å². The van der Waals surface area contributed by atoms with E-state index in [2.05, 4.69) is 25.8 Å². The van der Waals surface area contributed by atoms with Crippen LogP contribution in [0.4, 0.5) is 0 Å². The number of thioether (sulfide) groups is 1. The van der Waals surface area contributed by atoms with Gasteiger partial charge in [-0.1, -0.05) is 30.0 Å². The second-order valence-corrected chi connectivity index (χ2v) is 5.65. The zero-order valence-electron chi connectivity index (χ0n) is 12.7. The van der Waals surface area contributed by atoms with Gasteiger partial charge in [-0.2, -0.15) is 4.68 Å². The van der Waals surface area contributed by atoms with Crippen LogP contribution in [0.1, 0.15) is 5.56 Å². The Balaban J connectivity index is 0.00000144. The molecule has 0 aliphatic carbocycles. The average molecular weight is 383 g/mol. The maximum Gasteiger partial charge on any atom is 0.214 e. The topological polar surface area (TPSA) is 68.5 Å². The van der Waals surface area contributed by atoms with Crippen molar-refractivity contribution >= 4 is 11.8 Å². The minimum Gasteiger partial charge on any atom is -1.00 e. The van der Waals surface area contributed by atoms with Crippen LogP contribution in [-0.2, 0) is 6.54 Å². The van der Waals surface area contributed by atoms with Gasteiger partial charge in [-0.3, -0.25) is 4.98 Å². The molecule has 0 unspecified atom stereocenters. The van der Waals surface area contributed by atoms with Crippen molar-refractivity contribution in [2.45, 2.75) is 11.7 Å². The lowest BCUT2D eigenvalue weighted by Crippen LogP contribution is -3.00. The predicted octanol–water partition coefficient (Wildman–Crippen LogP) is -4.05. The summed E-state index contributed by atoms with van der Waals surface area (Å²) in [6.45, 7) is 1.72. The molecule has 9 heteroatoms. The molecule has 6 nitrogen and oxygen atoms in total. The van der Waals surface area contributed by atoms with Crippen molar-refractivity contribution in [2.75, 3.05) is 12.3 Å². The van der Waals surface area contributed by atoms with E-state index in [4.69, 9.17) is 0 Å². The second-order valence-electron chi connectivity index (χ2n) is 4.59. The molecule has 0 aliphatic heterocycles. The van der Waals surface area contributed by atoms with Crippen molar-refractivity contribution in [3.8, 4) is 5.69 Å². The van der Waals surface area contributed by atoms with Crippen molar-refractivity contribution in [3.05, 3.63) is 60.4 Å². The summed E-state index contributed by atoms with van der Waals surface area (Å²) in [6.07, 6.45) is 3.61. The van der Waals surface area contributed by atoms with Gasteiger partial charge in [0.05, 0.1) is 5.69 Å². The number of halogens is 2. The molecule has 3 rings (SSSR count). The summed E-state index contributed by atoms with van der Waals surface area (Å²) in [5.74, 6) is 0.901. The number of aromatic nitrogens is 5. The molecule has 24 heavy (non-hydrogen) atoms. The largest absolute Gasteiger partial charge is 1.00 e. The maximum absolute atomic E-state index is 4.08. The van der Waals surface area contributed by atoms with Gasteiger partial charge < -0.3 is 30.1 Å². The first-order chi connectivity index (χ1) is 10.9. The van der Waals surface area contributed by atoms with Crippen LogP contribution in [-0.4, -0.2) is 37.5 Å². The normalized spacial score (nSPS) is 9.83. The Bertz CT molecular complexity index is 695. The zero-order chi connectivity index (χ0) is 15.0. The molecule has 0 saturated carbocycles. The van der Waals surface area contributed by atoms with Crippen LogP contribution in [0.2, 0.25) is 0 Å². The van der Waals surface area contributed by atoms with Gasteiger partial charge >= 0.3 is 0 Å². The molecule has 3 aromatic rings. The SMILES string of the molecule is [Cl-].[Cl-].c1ccc(-n2nnnc2SCCNCc2ccncc2)cc1. The van der Waals surface area contributed by atoms with Gasteiger partial charge in [0.25, 0.3) is 0 Å². The predicted molar refractivity (Wildman–Crippen MR) is 85.8 cm³/mol. The number of hydrogen-bond donors (Lipinski definition) is 1. The lowest BCUT2D eigenvalue weighted by Gasteiger charge is -2.05.